The van der Waals surface area contributed by atoms with Crippen molar-refractivity contribution in [3.8, 4) is 17.2 Å². The molecule has 2 heterocycles. The normalized spacial score (nSPS) is 10.3. The first-order valence-corrected chi connectivity index (χ1v) is 9.32. The van der Waals surface area contributed by atoms with Crippen LogP contribution < -0.4 is 16.9 Å². The van der Waals surface area contributed by atoms with E-state index in [0.29, 0.717) is 17.6 Å². The SMILES string of the molecule is CCc1[nH]c2ccc(F)cc2c(=O)c1-c1cc(F)cc(F)c1.N#Cc1c(N)ncnc1N. The Morgan fingerprint density at radius 2 is 1.62 bits per heavy atom. The van der Waals surface area contributed by atoms with Gasteiger partial charge in [-0.3, -0.25) is 4.79 Å². The van der Waals surface area contributed by atoms with E-state index in [1.165, 1.54) is 18.5 Å². The van der Waals surface area contributed by atoms with Crippen LogP contribution in [0, 0.1) is 28.8 Å². The molecule has 4 aromatic rings. The van der Waals surface area contributed by atoms with Crippen LogP contribution in [0.15, 0.2) is 47.5 Å². The van der Waals surface area contributed by atoms with Crippen LogP contribution in [-0.2, 0) is 6.42 Å². The molecule has 0 aliphatic carbocycles. The topological polar surface area (TPSA) is 134 Å². The lowest BCUT2D eigenvalue weighted by Gasteiger charge is -2.10. The number of hydrogen-bond donors (Lipinski definition) is 3. The van der Waals surface area contributed by atoms with Gasteiger partial charge in [-0.2, -0.15) is 5.26 Å². The minimum absolute atomic E-state index is 0.120. The van der Waals surface area contributed by atoms with Gasteiger partial charge in [0.15, 0.2) is 5.43 Å². The number of rotatable bonds is 2. The molecule has 2 aromatic carbocycles. The van der Waals surface area contributed by atoms with E-state index in [9.17, 15) is 18.0 Å². The number of pyridine rings is 1. The molecule has 4 rings (SSSR count). The molecule has 0 aliphatic rings. The molecular formula is C22H17F3N6O. The second-order valence-corrected chi connectivity index (χ2v) is 6.64. The third-order valence-electron chi connectivity index (χ3n) is 4.56. The summed E-state index contributed by atoms with van der Waals surface area (Å²) >= 11 is 0. The van der Waals surface area contributed by atoms with Gasteiger partial charge < -0.3 is 16.5 Å². The Labute approximate surface area is 180 Å². The van der Waals surface area contributed by atoms with Gasteiger partial charge in [-0.05, 0) is 42.3 Å². The zero-order valence-electron chi connectivity index (χ0n) is 16.8. The van der Waals surface area contributed by atoms with Gasteiger partial charge in [0.2, 0.25) is 0 Å². The Hall–Kier alpha value is -4.39. The van der Waals surface area contributed by atoms with Crippen molar-refractivity contribution in [2.24, 2.45) is 0 Å². The van der Waals surface area contributed by atoms with Crippen molar-refractivity contribution in [3.05, 3.63) is 81.7 Å². The molecule has 2 aromatic heterocycles. The largest absolute Gasteiger partial charge is 0.382 e. The number of nitriles is 1. The number of nitrogens with one attached hydrogen (secondary N) is 1. The fraction of sp³-hybridized carbons (Fsp3) is 0.0909. The summed E-state index contributed by atoms with van der Waals surface area (Å²) in [5, 5.41) is 8.56. The van der Waals surface area contributed by atoms with E-state index in [4.69, 9.17) is 16.7 Å². The summed E-state index contributed by atoms with van der Waals surface area (Å²) in [6, 6.07) is 8.56. The van der Waals surface area contributed by atoms with Crippen LogP contribution in [0.5, 0.6) is 0 Å². The number of nitrogens with zero attached hydrogens (tertiary/aromatic N) is 3. The lowest BCUT2D eigenvalue weighted by atomic mass is 9.99. The Morgan fingerprint density at radius 3 is 2.16 bits per heavy atom. The number of nitrogen functional groups attached to an aromatic ring is 2. The monoisotopic (exact) mass is 438 g/mol. The van der Waals surface area contributed by atoms with Crippen LogP contribution in [0.4, 0.5) is 24.8 Å². The van der Waals surface area contributed by atoms with Gasteiger partial charge in [-0.25, -0.2) is 23.1 Å². The molecule has 0 bridgehead atoms. The second-order valence-electron chi connectivity index (χ2n) is 6.64. The van der Waals surface area contributed by atoms with Crippen LogP contribution in [0.25, 0.3) is 22.0 Å². The van der Waals surface area contributed by atoms with Gasteiger partial charge in [0.1, 0.15) is 47.0 Å². The summed E-state index contributed by atoms with van der Waals surface area (Å²) in [7, 11) is 0. The molecule has 5 N–H and O–H groups in total. The van der Waals surface area contributed by atoms with E-state index in [0.717, 1.165) is 24.3 Å². The number of benzene rings is 2. The van der Waals surface area contributed by atoms with Crippen LogP contribution in [0.1, 0.15) is 18.2 Å². The summed E-state index contributed by atoms with van der Waals surface area (Å²) in [5.74, 6) is -1.84. The summed E-state index contributed by atoms with van der Waals surface area (Å²) < 4.78 is 40.3. The third kappa shape index (κ3) is 4.52. The van der Waals surface area contributed by atoms with Gasteiger partial charge in [0.25, 0.3) is 0 Å². The summed E-state index contributed by atoms with van der Waals surface area (Å²) in [4.78, 5) is 22.8. The molecule has 0 atom stereocenters. The molecule has 0 saturated heterocycles. The Bertz CT molecular complexity index is 1370. The lowest BCUT2D eigenvalue weighted by molar-refractivity contribution is 0.584. The highest BCUT2D eigenvalue weighted by atomic mass is 19.1. The van der Waals surface area contributed by atoms with Crippen LogP contribution >= 0.6 is 0 Å². The third-order valence-corrected chi connectivity index (χ3v) is 4.56. The number of fused-ring (bicyclic) bond motifs is 1. The van der Waals surface area contributed by atoms with E-state index in [1.54, 1.807) is 6.07 Å². The van der Waals surface area contributed by atoms with Crippen LogP contribution in [0.2, 0.25) is 0 Å². The van der Waals surface area contributed by atoms with Crippen molar-refractivity contribution in [2.75, 3.05) is 11.5 Å². The molecule has 0 radical (unpaired) electrons. The molecule has 0 saturated carbocycles. The molecule has 0 amide bonds. The van der Waals surface area contributed by atoms with Gasteiger partial charge in [-0.15, -0.1) is 0 Å². The summed E-state index contributed by atoms with van der Waals surface area (Å²) in [6.07, 6.45) is 1.68. The maximum atomic E-state index is 13.4. The van der Waals surface area contributed by atoms with Crippen molar-refractivity contribution in [2.45, 2.75) is 13.3 Å². The number of aryl methyl sites for hydroxylation is 1. The lowest BCUT2D eigenvalue weighted by Crippen LogP contribution is -2.11. The Kier molecular flexibility index (Phi) is 6.39. The second kappa shape index (κ2) is 9.18. The number of H-pyrrole nitrogens is 1. The van der Waals surface area contributed by atoms with Crippen molar-refractivity contribution >= 4 is 22.5 Å². The van der Waals surface area contributed by atoms with Gasteiger partial charge in [0, 0.05) is 28.2 Å². The number of hydrogen-bond acceptors (Lipinski definition) is 6. The number of aromatic nitrogens is 3. The number of aromatic amines is 1. The fourth-order valence-electron chi connectivity index (χ4n) is 3.11. The van der Waals surface area contributed by atoms with E-state index >= 15 is 0 Å². The molecular weight excluding hydrogens is 421 g/mol. The predicted octanol–water partition coefficient (Wildman–Crippen LogP) is 3.69. The zero-order chi connectivity index (χ0) is 23.4. The molecule has 0 fully saturated rings. The Balaban J connectivity index is 0.000000243. The molecule has 0 unspecified atom stereocenters. The van der Waals surface area contributed by atoms with Crippen LogP contribution in [0.3, 0.4) is 0 Å². The minimum atomic E-state index is -0.768. The highest BCUT2D eigenvalue weighted by Gasteiger charge is 2.15. The first kappa shape index (κ1) is 22.3. The molecule has 32 heavy (non-hydrogen) atoms. The summed E-state index contributed by atoms with van der Waals surface area (Å²) in [5.41, 5.74) is 11.6. The van der Waals surface area contributed by atoms with E-state index in [2.05, 4.69) is 15.0 Å². The number of anilines is 2. The van der Waals surface area contributed by atoms with Crippen molar-refractivity contribution in [1.29, 1.82) is 5.26 Å². The number of nitrogens with two attached hydrogens (primary N) is 2. The molecule has 0 spiro atoms. The fourth-order valence-corrected chi connectivity index (χ4v) is 3.11. The van der Waals surface area contributed by atoms with Crippen LogP contribution in [-0.4, -0.2) is 15.0 Å². The van der Waals surface area contributed by atoms with E-state index in [-0.39, 0.29) is 33.7 Å². The molecule has 162 valence electrons. The number of halogens is 3. The maximum Gasteiger partial charge on any atom is 0.197 e. The zero-order valence-corrected chi connectivity index (χ0v) is 16.8. The first-order chi connectivity index (χ1) is 15.2. The van der Waals surface area contributed by atoms with Crippen molar-refractivity contribution in [1.82, 2.24) is 15.0 Å². The van der Waals surface area contributed by atoms with Gasteiger partial charge in [-0.1, -0.05) is 6.92 Å². The quantitative estimate of drug-likeness (QED) is 0.437. The minimum Gasteiger partial charge on any atom is -0.382 e. The van der Waals surface area contributed by atoms with Crippen molar-refractivity contribution < 1.29 is 13.2 Å². The van der Waals surface area contributed by atoms with E-state index < -0.39 is 22.9 Å². The molecule has 10 heteroatoms. The predicted molar refractivity (Wildman–Crippen MR) is 115 cm³/mol. The van der Waals surface area contributed by atoms with Gasteiger partial charge >= 0.3 is 0 Å². The van der Waals surface area contributed by atoms with Gasteiger partial charge in [0.05, 0.1) is 0 Å². The smallest absolute Gasteiger partial charge is 0.197 e. The van der Waals surface area contributed by atoms with E-state index in [1.807, 2.05) is 6.92 Å². The summed E-state index contributed by atoms with van der Waals surface area (Å²) in [6.45, 7) is 1.82. The standard InChI is InChI=1S/C17H12F3NO.C5H5N5/c1-2-14-16(9-5-11(19)7-12(20)6-9)17(22)13-8-10(18)3-4-15(13)21-14;6-1-3-4(7)9-2-10-5(3)8/h3-8H,2H2,1H3,(H,21,22);2H,(H4,7,8,9,10). The maximum absolute atomic E-state index is 13.4. The average Bonchev–Trinajstić information content (AvgIpc) is 2.74. The molecule has 7 nitrogen and oxygen atoms in total. The van der Waals surface area contributed by atoms with Crippen molar-refractivity contribution in [3.63, 3.8) is 0 Å². The Morgan fingerprint density at radius 1 is 1.00 bits per heavy atom. The first-order valence-electron chi connectivity index (χ1n) is 9.32. The highest BCUT2D eigenvalue weighted by molar-refractivity contribution is 5.84. The molecule has 0 aliphatic heterocycles. The average molecular weight is 438 g/mol. The highest BCUT2D eigenvalue weighted by Crippen LogP contribution is 2.24.